The Balaban J connectivity index is 1.88. The first-order valence-electron chi connectivity index (χ1n) is 7.23. The molecule has 0 aliphatic carbocycles. The molecule has 3 rings (SSSR count). The summed E-state index contributed by atoms with van der Waals surface area (Å²) in [6.45, 7) is 5.94. The fraction of sp³-hybridized carbons (Fsp3) is 0.571. The molecule has 108 valence electrons. The molecule has 2 aromatic rings. The van der Waals surface area contributed by atoms with Gasteiger partial charge in [0, 0.05) is 25.5 Å². The minimum Gasteiger partial charge on any atom is -0.376 e. The van der Waals surface area contributed by atoms with Crippen molar-refractivity contribution in [3.05, 3.63) is 18.6 Å². The lowest BCUT2D eigenvalue weighted by Gasteiger charge is -2.18. The maximum atomic E-state index is 5.59. The van der Waals surface area contributed by atoms with Gasteiger partial charge in [-0.1, -0.05) is 6.92 Å². The maximum absolute atomic E-state index is 5.59. The van der Waals surface area contributed by atoms with E-state index in [0.717, 1.165) is 43.3 Å². The molecule has 0 amide bonds. The van der Waals surface area contributed by atoms with Gasteiger partial charge in [-0.2, -0.15) is 0 Å². The van der Waals surface area contributed by atoms with Gasteiger partial charge in [0.2, 0.25) is 0 Å². The summed E-state index contributed by atoms with van der Waals surface area (Å²) in [5.41, 5.74) is 0.853. The second kappa shape index (κ2) is 5.66. The van der Waals surface area contributed by atoms with Crippen LogP contribution in [0.4, 0.5) is 11.6 Å². The molecule has 6 nitrogen and oxygen atoms in total. The van der Waals surface area contributed by atoms with Crippen molar-refractivity contribution in [3.8, 4) is 0 Å². The lowest BCUT2D eigenvalue weighted by atomic mass is 10.1. The van der Waals surface area contributed by atoms with Crippen LogP contribution in [0, 0.1) is 0 Å². The van der Waals surface area contributed by atoms with Crippen molar-refractivity contribution < 1.29 is 4.74 Å². The number of ether oxygens (including phenoxy) is 1. The summed E-state index contributed by atoms with van der Waals surface area (Å²) < 4.78 is 7.59. The second-order valence-corrected chi connectivity index (χ2v) is 5.18. The van der Waals surface area contributed by atoms with Crippen LogP contribution in [0.1, 0.15) is 26.7 Å². The van der Waals surface area contributed by atoms with Gasteiger partial charge in [-0.15, -0.1) is 0 Å². The van der Waals surface area contributed by atoms with Crippen molar-refractivity contribution in [3.63, 3.8) is 0 Å². The van der Waals surface area contributed by atoms with E-state index in [-0.39, 0.29) is 6.10 Å². The van der Waals surface area contributed by atoms with Crippen molar-refractivity contribution in [1.29, 1.82) is 0 Å². The number of nitrogens with zero attached hydrogens (tertiary/aromatic N) is 3. The van der Waals surface area contributed by atoms with E-state index in [9.17, 15) is 0 Å². The standard InChI is InChI=1S/C14H21N5O/c1-3-5-15-12-9-19-7-6-16-14(19)13(18-12)17-11-4-8-20-10(11)2/h6-7,9-11,15H,3-5,8H2,1-2H3,(H,17,18). The largest absolute Gasteiger partial charge is 0.376 e. The van der Waals surface area contributed by atoms with Crippen molar-refractivity contribution in [2.75, 3.05) is 23.8 Å². The maximum Gasteiger partial charge on any atom is 0.180 e. The summed E-state index contributed by atoms with van der Waals surface area (Å²) in [7, 11) is 0. The number of aromatic nitrogens is 3. The predicted octanol–water partition coefficient (Wildman–Crippen LogP) is 2.14. The van der Waals surface area contributed by atoms with E-state index in [2.05, 4.69) is 34.4 Å². The average Bonchev–Trinajstić information content (AvgIpc) is 3.06. The van der Waals surface area contributed by atoms with Crippen LogP contribution >= 0.6 is 0 Å². The van der Waals surface area contributed by atoms with E-state index in [0.29, 0.717) is 6.04 Å². The summed E-state index contributed by atoms with van der Waals surface area (Å²) in [5, 5.41) is 6.80. The molecular formula is C14H21N5O. The Morgan fingerprint density at radius 1 is 1.50 bits per heavy atom. The molecule has 2 N–H and O–H groups in total. The smallest absolute Gasteiger partial charge is 0.180 e. The van der Waals surface area contributed by atoms with E-state index >= 15 is 0 Å². The van der Waals surface area contributed by atoms with Crippen molar-refractivity contribution in [2.45, 2.75) is 38.8 Å². The highest BCUT2D eigenvalue weighted by atomic mass is 16.5. The molecule has 1 aliphatic rings. The Morgan fingerprint density at radius 2 is 2.40 bits per heavy atom. The molecule has 6 heteroatoms. The van der Waals surface area contributed by atoms with Crippen LogP contribution in [0.15, 0.2) is 18.6 Å². The molecule has 0 saturated carbocycles. The van der Waals surface area contributed by atoms with Crippen LogP contribution in [-0.4, -0.2) is 39.7 Å². The van der Waals surface area contributed by atoms with Gasteiger partial charge in [-0.3, -0.25) is 0 Å². The van der Waals surface area contributed by atoms with Crippen LogP contribution in [-0.2, 0) is 4.74 Å². The van der Waals surface area contributed by atoms with Gasteiger partial charge in [0.1, 0.15) is 5.82 Å². The van der Waals surface area contributed by atoms with E-state index < -0.39 is 0 Å². The summed E-state index contributed by atoms with van der Waals surface area (Å²) >= 11 is 0. The Hall–Kier alpha value is -1.82. The highest BCUT2D eigenvalue weighted by molar-refractivity contribution is 5.65. The normalized spacial score (nSPS) is 22.3. The molecule has 2 unspecified atom stereocenters. The van der Waals surface area contributed by atoms with Crippen LogP contribution in [0.25, 0.3) is 5.65 Å². The van der Waals surface area contributed by atoms with Gasteiger partial charge in [-0.25, -0.2) is 9.97 Å². The molecule has 1 fully saturated rings. The highest BCUT2D eigenvalue weighted by Crippen LogP contribution is 2.22. The number of anilines is 2. The van der Waals surface area contributed by atoms with Crippen LogP contribution in [0.3, 0.4) is 0 Å². The van der Waals surface area contributed by atoms with Crippen molar-refractivity contribution in [2.24, 2.45) is 0 Å². The zero-order valence-corrected chi connectivity index (χ0v) is 12.0. The number of rotatable bonds is 5. The Kier molecular flexibility index (Phi) is 3.73. The summed E-state index contributed by atoms with van der Waals surface area (Å²) in [6, 6.07) is 0.296. The molecule has 1 aliphatic heterocycles. The third-order valence-corrected chi connectivity index (χ3v) is 3.63. The zero-order valence-electron chi connectivity index (χ0n) is 12.0. The molecule has 1 saturated heterocycles. The van der Waals surface area contributed by atoms with Crippen LogP contribution in [0.5, 0.6) is 0 Å². The number of imidazole rings is 1. The average molecular weight is 275 g/mol. The first-order valence-corrected chi connectivity index (χ1v) is 7.23. The lowest BCUT2D eigenvalue weighted by molar-refractivity contribution is 0.121. The minimum absolute atomic E-state index is 0.207. The molecule has 2 aromatic heterocycles. The molecule has 0 bridgehead atoms. The highest BCUT2D eigenvalue weighted by Gasteiger charge is 2.25. The molecule has 0 spiro atoms. The van der Waals surface area contributed by atoms with E-state index in [1.165, 1.54) is 0 Å². The fourth-order valence-electron chi connectivity index (χ4n) is 2.46. The number of nitrogens with one attached hydrogen (secondary N) is 2. The Labute approximate surface area is 118 Å². The zero-order chi connectivity index (χ0) is 13.9. The predicted molar refractivity (Wildman–Crippen MR) is 79.2 cm³/mol. The van der Waals surface area contributed by atoms with Gasteiger partial charge in [0.15, 0.2) is 11.5 Å². The second-order valence-electron chi connectivity index (χ2n) is 5.18. The lowest BCUT2D eigenvalue weighted by Crippen LogP contribution is -2.27. The number of hydrogen-bond acceptors (Lipinski definition) is 5. The number of hydrogen-bond donors (Lipinski definition) is 2. The molecular weight excluding hydrogens is 254 g/mol. The number of fused-ring (bicyclic) bond motifs is 1. The Morgan fingerprint density at radius 3 is 3.15 bits per heavy atom. The van der Waals surface area contributed by atoms with Crippen molar-refractivity contribution >= 4 is 17.3 Å². The Bertz CT molecular complexity index is 582. The van der Waals surface area contributed by atoms with E-state index in [1.807, 2.05) is 16.8 Å². The molecule has 20 heavy (non-hydrogen) atoms. The van der Waals surface area contributed by atoms with Gasteiger partial charge in [-0.05, 0) is 19.8 Å². The SMILES string of the molecule is CCCNc1cn2ccnc2c(NC2CCOC2C)n1. The van der Waals surface area contributed by atoms with Gasteiger partial charge in [0.25, 0.3) is 0 Å². The summed E-state index contributed by atoms with van der Waals surface area (Å²) in [4.78, 5) is 9.02. The molecule has 3 heterocycles. The summed E-state index contributed by atoms with van der Waals surface area (Å²) in [5.74, 6) is 1.69. The molecule has 2 atom stereocenters. The van der Waals surface area contributed by atoms with Gasteiger partial charge in [0.05, 0.1) is 18.3 Å². The van der Waals surface area contributed by atoms with Crippen molar-refractivity contribution in [1.82, 2.24) is 14.4 Å². The van der Waals surface area contributed by atoms with Gasteiger partial charge >= 0.3 is 0 Å². The molecule has 0 radical (unpaired) electrons. The quantitative estimate of drug-likeness (QED) is 0.875. The third-order valence-electron chi connectivity index (χ3n) is 3.63. The van der Waals surface area contributed by atoms with Crippen LogP contribution in [0.2, 0.25) is 0 Å². The molecule has 0 aromatic carbocycles. The van der Waals surface area contributed by atoms with E-state index in [1.54, 1.807) is 6.20 Å². The fourth-order valence-corrected chi connectivity index (χ4v) is 2.46. The first kappa shape index (κ1) is 13.2. The summed E-state index contributed by atoms with van der Waals surface area (Å²) in [6.07, 6.45) is 7.98. The monoisotopic (exact) mass is 275 g/mol. The van der Waals surface area contributed by atoms with Gasteiger partial charge < -0.3 is 19.8 Å². The van der Waals surface area contributed by atoms with E-state index in [4.69, 9.17) is 4.74 Å². The third kappa shape index (κ3) is 2.56. The first-order chi connectivity index (χ1) is 9.78. The minimum atomic E-state index is 0.207. The topological polar surface area (TPSA) is 63.5 Å². The van der Waals surface area contributed by atoms with Crippen LogP contribution < -0.4 is 10.6 Å².